The van der Waals surface area contributed by atoms with Crippen molar-refractivity contribution < 1.29 is 18.7 Å². The molecule has 36 heavy (non-hydrogen) atoms. The summed E-state index contributed by atoms with van der Waals surface area (Å²) in [7, 11) is 1.46. The number of aromatic nitrogens is 3. The van der Waals surface area contributed by atoms with Gasteiger partial charge >= 0.3 is 0 Å². The first-order chi connectivity index (χ1) is 17.5. The number of likely N-dealkylation sites (tertiary alicyclic amines) is 1. The third-order valence-electron chi connectivity index (χ3n) is 8.62. The molecule has 2 aromatic rings. The van der Waals surface area contributed by atoms with Gasteiger partial charge in [-0.05, 0) is 64.0 Å². The van der Waals surface area contributed by atoms with Crippen molar-refractivity contribution in [1.82, 2.24) is 30.3 Å². The van der Waals surface area contributed by atoms with Crippen molar-refractivity contribution in [3.05, 3.63) is 29.8 Å². The minimum atomic E-state index is -0.537. The molecule has 3 saturated heterocycles. The minimum absolute atomic E-state index is 0.0661. The number of methoxy groups -OCH3 is 1. The van der Waals surface area contributed by atoms with E-state index in [0.717, 1.165) is 38.5 Å². The zero-order valence-electron chi connectivity index (χ0n) is 20.6. The number of aromatic amines is 1. The zero-order chi connectivity index (χ0) is 24.9. The Morgan fingerprint density at radius 1 is 1.19 bits per heavy atom. The van der Waals surface area contributed by atoms with E-state index in [9.17, 15) is 14.0 Å². The van der Waals surface area contributed by atoms with Gasteiger partial charge in [-0.15, -0.1) is 0 Å². The summed E-state index contributed by atoms with van der Waals surface area (Å²) in [6.45, 7) is 2.64. The minimum Gasteiger partial charge on any atom is -0.481 e. The first kappa shape index (κ1) is 23.4. The lowest BCUT2D eigenvalue weighted by molar-refractivity contribution is -0.128. The fraction of sp³-hybridized carbons (Fsp3) is 0.615. The lowest BCUT2D eigenvalue weighted by Gasteiger charge is -2.40. The van der Waals surface area contributed by atoms with E-state index < -0.39 is 5.82 Å². The molecule has 9 nitrogen and oxygen atoms in total. The molecule has 5 heterocycles. The standard InChI is InChI=1S/C26H33FN6O3/c1-36-23-11-19(20(27)14-28-23)21-12-22(31-30-21)25(35)33-10-6-16(13-26(33)7-8-26)24(34)29-17-4-5-18-3-2-9-32(18)15-17/h11-12,14,16-18H,2-10,13,15H2,1H3,(H,29,34)(H,30,31)/t16?,17-,18+/m0/s1. The van der Waals surface area contributed by atoms with E-state index in [2.05, 4.69) is 25.4 Å². The van der Waals surface area contributed by atoms with Crippen molar-refractivity contribution in [2.24, 2.45) is 5.92 Å². The maximum Gasteiger partial charge on any atom is 0.272 e. The first-order valence-corrected chi connectivity index (χ1v) is 13.1. The van der Waals surface area contributed by atoms with E-state index in [0.29, 0.717) is 36.8 Å². The van der Waals surface area contributed by atoms with E-state index in [-0.39, 0.29) is 40.8 Å². The van der Waals surface area contributed by atoms with Crippen LogP contribution in [0.4, 0.5) is 4.39 Å². The van der Waals surface area contributed by atoms with Crippen molar-refractivity contribution in [2.75, 3.05) is 26.7 Å². The topological polar surface area (TPSA) is 103 Å². The summed E-state index contributed by atoms with van der Waals surface area (Å²) in [6, 6.07) is 3.98. The Balaban J connectivity index is 1.10. The SMILES string of the molecule is COc1cc(-c2cc(C(=O)N3CCC(C(=O)N[C@H]4CC[C@H]5CCCN5C4)CC34CC4)[nH]n2)c(F)cn1. The van der Waals surface area contributed by atoms with Crippen LogP contribution < -0.4 is 10.1 Å². The number of ether oxygens (including phenoxy) is 1. The Labute approximate surface area is 209 Å². The molecule has 0 radical (unpaired) electrons. The predicted molar refractivity (Wildman–Crippen MR) is 130 cm³/mol. The van der Waals surface area contributed by atoms with Crippen molar-refractivity contribution in [3.8, 4) is 17.1 Å². The van der Waals surface area contributed by atoms with Crippen LogP contribution in [0.15, 0.2) is 18.3 Å². The first-order valence-electron chi connectivity index (χ1n) is 13.1. The monoisotopic (exact) mass is 496 g/mol. The van der Waals surface area contributed by atoms with Gasteiger partial charge in [-0.25, -0.2) is 9.37 Å². The Morgan fingerprint density at radius 3 is 2.86 bits per heavy atom. The third kappa shape index (κ3) is 4.25. The Bertz CT molecular complexity index is 1160. The second-order valence-corrected chi connectivity index (χ2v) is 10.8. The third-order valence-corrected chi connectivity index (χ3v) is 8.62. The molecule has 1 spiro atoms. The number of carbonyl (C=O) groups is 2. The van der Waals surface area contributed by atoms with E-state index in [1.54, 1.807) is 6.07 Å². The van der Waals surface area contributed by atoms with Gasteiger partial charge in [0.05, 0.1) is 19.0 Å². The van der Waals surface area contributed by atoms with Gasteiger partial charge in [0.25, 0.3) is 5.91 Å². The van der Waals surface area contributed by atoms with Crippen LogP contribution in [0, 0.1) is 11.7 Å². The van der Waals surface area contributed by atoms with Crippen LogP contribution in [0.2, 0.25) is 0 Å². The number of halogens is 1. The molecular formula is C26H33FN6O3. The van der Waals surface area contributed by atoms with Gasteiger partial charge in [0.2, 0.25) is 11.8 Å². The lowest BCUT2D eigenvalue weighted by Crippen LogP contribution is -2.54. The maximum atomic E-state index is 14.3. The van der Waals surface area contributed by atoms with Crippen LogP contribution in [-0.4, -0.2) is 81.2 Å². The van der Waals surface area contributed by atoms with Crippen molar-refractivity contribution in [3.63, 3.8) is 0 Å². The highest BCUT2D eigenvalue weighted by molar-refractivity contribution is 5.94. The Morgan fingerprint density at radius 2 is 2.06 bits per heavy atom. The second kappa shape index (κ2) is 9.14. The number of rotatable bonds is 5. The van der Waals surface area contributed by atoms with E-state index in [1.165, 1.54) is 32.4 Å². The number of amides is 2. The van der Waals surface area contributed by atoms with Crippen LogP contribution >= 0.6 is 0 Å². The Kier molecular flexibility index (Phi) is 5.94. The van der Waals surface area contributed by atoms with Crippen LogP contribution in [0.3, 0.4) is 0 Å². The van der Waals surface area contributed by atoms with E-state index >= 15 is 0 Å². The number of nitrogens with zero attached hydrogens (tertiary/aromatic N) is 4. The zero-order valence-corrected chi connectivity index (χ0v) is 20.6. The number of carbonyl (C=O) groups excluding carboxylic acids is 2. The molecule has 1 saturated carbocycles. The summed E-state index contributed by atoms with van der Waals surface area (Å²) in [5.41, 5.74) is 0.595. The highest BCUT2D eigenvalue weighted by atomic mass is 19.1. The van der Waals surface area contributed by atoms with Gasteiger partial charge in [-0.1, -0.05) is 0 Å². The Hall–Kier alpha value is -3.01. The molecule has 192 valence electrons. The van der Waals surface area contributed by atoms with Gasteiger partial charge < -0.3 is 15.0 Å². The highest BCUT2D eigenvalue weighted by Gasteiger charge is 2.54. The van der Waals surface area contributed by atoms with Crippen molar-refractivity contribution in [2.45, 2.75) is 69.0 Å². The number of pyridine rings is 1. The normalized spacial score (nSPS) is 27.1. The summed E-state index contributed by atoms with van der Waals surface area (Å²) in [5, 5.41) is 10.3. The smallest absolute Gasteiger partial charge is 0.272 e. The number of hydrogen-bond acceptors (Lipinski definition) is 6. The molecule has 3 aliphatic heterocycles. The van der Waals surface area contributed by atoms with Crippen molar-refractivity contribution >= 4 is 11.8 Å². The summed E-state index contributed by atoms with van der Waals surface area (Å²) >= 11 is 0. The van der Waals surface area contributed by atoms with Crippen LogP contribution in [-0.2, 0) is 4.79 Å². The maximum absolute atomic E-state index is 14.3. The molecule has 10 heteroatoms. The van der Waals surface area contributed by atoms with Gasteiger partial charge in [0.1, 0.15) is 5.69 Å². The average Bonchev–Trinajstić information content (AvgIpc) is 3.28. The molecule has 4 aliphatic rings. The second-order valence-electron chi connectivity index (χ2n) is 10.8. The fourth-order valence-corrected chi connectivity index (χ4v) is 6.46. The van der Waals surface area contributed by atoms with Crippen LogP contribution in [0.25, 0.3) is 11.3 Å². The average molecular weight is 497 g/mol. The number of piperidine rings is 2. The summed E-state index contributed by atoms with van der Waals surface area (Å²) < 4.78 is 19.4. The highest BCUT2D eigenvalue weighted by Crippen LogP contribution is 2.50. The molecular weight excluding hydrogens is 463 g/mol. The summed E-state index contributed by atoms with van der Waals surface area (Å²) in [5.74, 6) is -0.345. The predicted octanol–water partition coefficient (Wildman–Crippen LogP) is 2.75. The summed E-state index contributed by atoms with van der Waals surface area (Å²) in [4.78, 5) is 34.9. The van der Waals surface area contributed by atoms with Gasteiger partial charge in [0.15, 0.2) is 5.82 Å². The van der Waals surface area contributed by atoms with Gasteiger partial charge in [-0.2, -0.15) is 5.10 Å². The molecule has 0 aromatic carbocycles. The molecule has 1 aliphatic carbocycles. The number of H-pyrrole nitrogens is 1. The molecule has 3 atom stereocenters. The molecule has 1 unspecified atom stereocenters. The van der Waals surface area contributed by atoms with E-state index in [1.807, 2.05) is 4.90 Å². The number of fused-ring (bicyclic) bond motifs is 1. The number of hydrogen-bond donors (Lipinski definition) is 2. The van der Waals surface area contributed by atoms with Gasteiger partial charge in [0, 0.05) is 48.3 Å². The lowest BCUT2D eigenvalue weighted by atomic mass is 9.87. The molecule has 6 rings (SSSR count). The fourth-order valence-electron chi connectivity index (χ4n) is 6.46. The number of nitrogens with one attached hydrogen (secondary N) is 2. The summed E-state index contributed by atoms with van der Waals surface area (Å²) in [6.07, 6.45) is 9.01. The quantitative estimate of drug-likeness (QED) is 0.660. The van der Waals surface area contributed by atoms with Gasteiger partial charge in [-0.3, -0.25) is 19.6 Å². The van der Waals surface area contributed by atoms with Crippen molar-refractivity contribution in [1.29, 1.82) is 0 Å². The van der Waals surface area contributed by atoms with Crippen LogP contribution in [0.1, 0.15) is 61.9 Å². The molecule has 0 bridgehead atoms. The molecule has 2 N–H and O–H groups in total. The molecule has 2 amide bonds. The molecule has 2 aromatic heterocycles. The largest absolute Gasteiger partial charge is 0.481 e. The van der Waals surface area contributed by atoms with E-state index in [4.69, 9.17) is 4.74 Å². The van der Waals surface area contributed by atoms with Crippen LogP contribution in [0.5, 0.6) is 5.88 Å². The molecule has 4 fully saturated rings.